The fraction of sp³-hybridized carbons (Fsp3) is 0.333. The zero-order chi connectivity index (χ0) is 26.7. The van der Waals surface area contributed by atoms with E-state index in [1.807, 2.05) is 0 Å². The molecule has 10 nitrogen and oxygen atoms in total. The van der Waals surface area contributed by atoms with E-state index in [0.717, 1.165) is 12.1 Å². The topological polar surface area (TPSA) is 119 Å². The lowest BCUT2D eigenvalue weighted by Gasteiger charge is -2.30. The van der Waals surface area contributed by atoms with Crippen molar-refractivity contribution in [1.29, 1.82) is 0 Å². The first-order valence-electron chi connectivity index (χ1n) is 11.3. The van der Waals surface area contributed by atoms with Crippen LogP contribution in [0.3, 0.4) is 0 Å². The van der Waals surface area contributed by atoms with Gasteiger partial charge in [-0.1, -0.05) is 17.3 Å². The Labute approximate surface area is 209 Å². The second kappa shape index (κ2) is 10.5. The van der Waals surface area contributed by atoms with Crippen molar-refractivity contribution in [3.8, 4) is 17.0 Å². The van der Waals surface area contributed by atoms with E-state index in [-0.39, 0.29) is 19.0 Å². The minimum atomic E-state index is -4.82. The summed E-state index contributed by atoms with van der Waals surface area (Å²) in [6, 6.07) is 7.05. The Bertz CT molecular complexity index is 1270. The number of urea groups is 1. The van der Waals surface area contributed by atoms with Gasteiger partial charge >= 0.3 is 12.4 Å². The molecule has 2 N–H and O–H groups in total. The third-order valence-corrected chi connectivity index (χ3v) is 5.54. The van der Waals surface area contributed by atoms with Crippen LogP contribution >= 0.6 is 0 Å². The molecular weight excluding hydrogens is 495 g/mol. The molecule has 4 rings (SSSR count). The highest BCUT2D eigenvalue weighted by molar-refractivity contribution is 6.08. The smallest absolute Gasteiger partial charge is 0.406 e. The summed E-state index contributed by atoms with van der Waals surface area (Å²) >= 11 is 0. The first-order chi connectivity index (χ1) is 17.6. The van der Waals surface area contributed by atoms with Crippen LogP contribution in [0.15, 0.2) is 40.9 Å². The molecule has 13 heteroatoms. The molecule has 0 spiro atoms. The molecule has 3 amide bonds. The van der Waals surface area contributed by atoms with Gasteiger partial charge in [0.25, 0.3) is 0 Å². The Hall–Kier alpha value is -4.13. The molecule has 3 heterocycles. The van der Waals surface area contributed by atoms with Crippen molar-refractivity contribution in [2.45, 2.75) is 33.2 Å². The van der Waals surface area contributed by atoms with E-state index < -0.39 is 30.1 Å². The standard InChI is InChI=1S/C24H24F3N5O5/c1-4-35-12-19(15-5-7-16(8-6-15)36-24(25,26)27)30-23(34)32-11-20(33)28-18-10-9-17(29-22(18)32)21-13(2)31-37-14(21)3/h5-10,19H,4,11-12H2,1-3H3,(H,28,33)(H,30,34). The number of fused-ring (bicyclic) bond motifs is 1. The Kier molecular flexibility index (Phi) is 7.34. The van der Waals surface area contributed by atoms with Crippen LogP contribution in [-0.4, -0.2) is 48.2 Å². The van der Waals surface area contributed by atoms with E-state index >= 15 is 0 Å². The van der Waals surface area contributed by atoms with Crippen molar-refractivity contribution < 1.29 is 36.8 Å². The number of benzene rings is 1. The molecular formula is C24H24F3N5O5. The number of carbonyl (C=O) groups is 2. The number of aromatic nitrogens is 2. The Balaban J connectivity index is 1.61. The number of aryl methyl sites for hydroxylation is 2. The van der Waals surface area contributed by atoms with Gasteiger partial charge in [0.2, 0.25) is 5.91 Å². The minimum absolute atomic E-state index is 0.0428. The van der Waals surface area contributed by atoms with E-state index in [0.29, 0.717) is 40.6 Å². The molecule has 1 atom stereocenters. The SMILES string of the molecule is CCOCC(NC(=O)N1CC(=O)Nc2ccc(-c3c(C)noc3C)nc21)c1ccc(OC(F)(F)F)cc1. The van der Waals surface area contributed by atoms with Gasteiger partial charge in [0, 0.05) is 6.61 Å². The maximum absolute atomic E-state index is 13.4. The summed E-state index contributed by atoms with van der Waals surface area (Å²) in [4.78, 5) is 31.5. The van der Waals surface area contributed by atoms with Crippen LogP contribution in [0.5, 0.6) is 5.75 Å². The zero-order valence-electron chi connectivity index (χ0n) is 20.2. The van der Waals surface area contributed by atoms with Gasteiger partial charge in [-0.3, -0.25) is 9.69 Å². The molecule has 0 saturated heterocycles. The fourth-order valence-corrected chi connectivity index (χ4v) is 3.90. The van der Waals surface area contributed by atoms with Gasteiger partial charge in [-0.15, -0.1) is 13.2 Å². The van der Waals surface area contributed by atoms with Crippen LogP contribution in [0.1, 0.15) is 30.0 Å². The third kappa shape index (κ3) is 6.00. The number of carbonyl (C=O) groups excluding carboxylic acids is 2. The summed E-state index contributed by atoms with van der Waals surface area (Å²) in [5.74, 6) is -0.0332. The van der Waals surface area contributed by atoms with Gasteiger partial charge in [-0.05, 0) is 50.6 Å². The van der Waals surface area contributed by atoms with E-state index in [1.54, 1.807) is 32.9 Å². The lowest BCUT2D eigenvalue weighted by atomic mass is 10.1. The molecule has 0 aliphatic carbocycles. The molecule has 3 aromatic rings. The summed E-state index contributed by atoms with van der Waals surface area (Å²) in [5.41, 5.74) is 2.63. The number of nitrogens with zero attached hydrogens (tertiary/aromatic N) is 3. The predicted octanol–water partition coefficient (Wildman–Crippen LogP) is 4.50. The number of pyridine rings is 1. The van der Waals surface area contributed by atoms with Gasteiger partial charge in [0.15, 0.2) is 5.82 Å². The Morgan fingerprint density at radius 1 is 1.22 bits per heavy atom. The molecule has 1 aromatic carbocycles. The number of hydrogen-bond acceptors (Lipinski definition) is 7. The maximum Gasteiger partial charge on any atom is 0.573 e. The number of amides is 3. The number of anilines is 2. The maximum atomic E-state index is 13.4. The molecule has 1 aliphatic heterocycles. The van der Waals surface area contributed by atoms with Crippen LogP contribution in [0.25, 0.3) is 11.3 Å². The van der Waals surface area contributed by atoms with Crippen LogP contribution in [0.4, 0.5) is 29.5 Å². The van der Waals surface area contributed by atoms with Crippen molar-refractivity contribution >= 4 is 23.4 Å². The molecule has 1 aliphatic rings. The van der Waals surface area contributed by atoms with E-state index in [1.165, 1.54) is 17.0 Å². The average molecular weight is 519 g/mol. The highest BCUT2D eigenvalue weighted by Gasteiger charge is 2.32. The predicted molar refractivity (Wildman–Crippen MR) is 126 cm³/mol. The highest BCUT2D eigenvalue weighted by Crippen LogP contribution is 2.33. The summed E-state index contributed by atoms with van der Waals surface area (Å²) in [6.45, 7) is 5.37. The molecule has 196 valence electrons. The monoisotopic (exact) mass is 519 g/mol. The number of halogens is 3. The fourth-order valence-electron chi connectivity index (χ4n) is 3.90. The summed E-state index contributed by atoms with van der Waals surface area (Å²) < 4.78 is 52.1. The first kappa shape index (κ1) is 25.9. The number of rotatable bonds is 7. The Morgan fingerprint density at radius 3 is 2.57 bits per heavy atom. The largest absolute Gasteiger partial charge is 0.573 e. The molecule has 1 unspecified atom stereocenters. The van der Waals surface area contributed by atoms with Crippen molar-refractivity contribution in [3.05, 3.63) is 53.4 Å². The van der Waals surface area contributed by atoms with Crippen molar-refractivity contribution in [3.63, 3.8) is 0 Å². The van der Waals surface area contributed by atoms with Crippen LogP contribution in [0, 0.1) is 13.8 Å². The first-order valence-corrected chi connectivity index (χ1v) is 11.3. The number of ether oxygens (including phenoxy) is 2. The summed E-state index contributed by atoms with van der Waals surface area (Å²) in [6.07, 6.45) is -4.82. The van der Waals surface area contributed by atoms with Crippen molar-refractivity contribution in [2.75, 3.05) is 30.0 Å². The van der Waals surface area contributed by atoms with Gasteiger partial charge in [-0.25, -0.2) is 9.78 Å². The molecule has 0 fully saturated rings. The average Bonchev–Trinajstić information content (AvgIpc) is 3.18. The van der Waals surface area contributed by atoms with E-state index in [9.17, 15) is 22.8 Å². The van der Waals surface area contributed by atoms with Gasteiger partial charge in [0.1, 0.15) is 18.1 Å². The lowest BCUT2D eigenvalue weighted by molar-refractivity contribution is -0.274. The highest BCUT2D eigenvalue weighted by atomic mass is 19.4. The molecule has 0 radical (unpaired) electrons. The van der Waals surface area contributed by atoms with Gasteiger partial charge in [0.05, 0.1) is 35.3 Å². The van der Waals surface area contributed by atoms with Gasteiger partial charge in [-0.2, -0.15) is 0 Å². The molecule has 0 saturated carbocycles. The zero-order valence-corrected chi connectivity index (χ0v) is 20.2. The molecule has 2 aromatic heterocycles. The quantitative estimate of drug-likeness (QED) is 0.472. The van der Waals surface area contributed by atoms with Crippen molar-refractivity contribution in [2.24, 2.45) is 0 Å². The third-order valence-electron chi connectivity index (χ3n) is 5.54. The van der Waals surface area contributed by atoms with Crippen molar-refractivity contribution in [1.82, 2.24) is 15.5 Å². The second-order valence-corrected chi connectivity index (χ2v) is 8.18. The summed E-state index contributed by atoms with van der Waals surface area (Å²) in [5, 5.41) is 9.43. The van der Waals surface area contributed by atoms with Crippen LogP contribution < -0.4 is 20.3 Å². The van der Waals surface area contributed by atoms with Gasteiger partial charge < -0.3 is 24.6 Å². The molecule has 37 heavy (non-hydrogen) atoms. The Morgan fingerprint density at radius 2 is 1.95 bits per heavy atom. The second-order valence-electron chi connectivity index (χ2n) is 8.18. The van der Waals surface area contributed by atoms with E-state index in [4.69, 9.17) is 9.26 Å². The van der Waals surface area contributed by atoms with Crippen LogP contribution in [0.2, 0.25) is 0 Å². The number of nitrogens with one attached hydrogen (secondary N) is 2. The van der Waals surface area contributed by atoms with E-state index in [2.05, 4.69) is 25.5 Å². The van der Waals surface area contributed by atoms with Crippen LogP contribution in [-0.2, 0) is 9.53 Å². The number of hydrogen-bond donors (Lipinski definition) is 2. The summed E-state index contributed by atoms with van der Waals surface area (Å²) in [7, 11) is 0. The lowest BCUT2D eigenvalue weighted by Crippen LogP contribution is -2.49. The minimum Gasteiger partial charge on any atom is -0.406 e. The normalized spacial score (nSPS) is 14.1. The number of alkyl halides is 3. The molecule has 0 bridgehead atoms.